The van der Waals surface area contributed by atoms with Gasteiger partial charge in [-0.25, -0.2) is 19.3 Å². The summed E-state index contributed by atoms with van der Waals surface area (Å²) in [4.78, 5) is 27.7. The zero-order valence-corrected chi connectivity index (χ0v) is 15.0. The molecule has 0 aliphatic carbocycles. The maximum Gasteiger partial charge on any atom is 0.253 e. The first-order chi connectivity index (χ1) is 13.6. The van der Waals surface area contributed by atoms with E-state index in [2.05, 4.69) is 11.1 Å². The first-order valence-corrected chi connectivity index (χ1v) is 9.27. The quantitative estimate of drug-likeness (QED) is 0.752. The largest absolute Gasteiger partial charge is 0.274 e. The monoisotopic (exact) mass is 376 g/mol. The van der Waals surface area contributed by atoms with E-state index in [0.717, 1.165) is 25.1 Å². The molecule has 2 amide bonds. The van der Waals surface area contributed by atoms with Crippen molar-refractivity contribution in [2.24, 2.45) is 5.92 Å². The predicted octanol–water partition coefficient (Wildman–Crippen LogP) is 2.23. The number of amides is 2. The zero-order valence-electron chi connectivity index (χ0n) is 15.0. The van der Waals surface area contributed by atoms with E-state index in [0.29, 0.717) is 11.3 Å². The van der Waals surface area contributed by atoms with Gasteiger partial charge in [0.2, 0.25) is 5.91 Å². The fourth-order valence-corrected chi connectivity index (χ4v) is 4.71. The lowest BCUT2D eigenvalue weighted by Gasteiger charge is -2.29. The van der Waals surface area contributed by atoms with Crippen LogP contribution < -0.4 is 4.90 Å². The first kappa shape index (κ1) is 17.0. The van der Waals surface area contributed by atoms with Crippen molar-refractivity contribution in [3.8, 4) is 6.07 Å². The van der Waals surface area contributed by atoms with Crippen LogP contribution in [0, 0.1) is 23.1 Å². The Hall–Kier alpha value is -3.08. The van der Waals surface area contributed by atoms with Gasteiger partial charge in [0, 0.05) is 13.1 Å². The minimum atomic E-state index is -0.541. The minimum Gasteiger partial charge on any atom is -0.274 e. The van der Waals surface area contributed by atoms with Crippen LogP contribution in [0.2, 0.25) is 0 Å². The van der Waals surface area contributed by atoms with Crippen LogP contribution in [0.5, 0.6) is 0 Å². The summed E-state index contributed by atoms with van der Waals surface area (Å²) in [6.45, 7) is 1.51. The Morgan fingerprint density at radius 1 is 0.893 bits per heavy atom. The van der Waals surface area contributed by atoms with Gasteiger partial charge in [-0.15, -0.1) is 0 Å². The third-order valence-electron chi connectivity index (χ3n) is 5.87. The second kappa shape index (κ2) is 6.23. The third kappa shape index (κ3) is 2.32. The van der Waals surface area contributed by atoms with Crippen molar-refractivity contribution >= 4 is 17.5 Å². The highest BCUT2D eigenvalue weighted by Crippen LogP contribution is 2.48. The predicted molar refractivity (Wildman–Crippen MR) is 98.1 cm³/mol. The third-order valence-corrected chi connectivity index (χ3v) is 5.87. The Bertz CT molecular complexity index is 999. The van der Waals surface area contributed by atoms with E-state index in [1.807, 2.05) is 17.1 Å². The van der Waals surface area contributed by atoms with Gasteiger partial charge in [-0.3, -0.25) is 9.59 Å². The lowest BCUT2D eigenvalue weighted by molar-refractivity contribution is -0.126. The minimum absolute atomic E-state index is 0.248. The second-order valence-corrected chi connectivity index (χ2v) is 7.32. The van der Waals surface area contributed by atoms with E-state index in [1.165, 1.54) is 29.2 Å². The summed E-state index contributed by atoms with van der Waals surface area (Å²) >= 11 is 0. The Morgan fingerprint density at radius 2 is 1.54 bits per heavy atom. The maximum atomic E-state index is 13.3. The Balaban J connectivity index is 1.56. The number of fused-ring (bicyclic) bond motifs is 3. The van der Waals surface area contributed by atoms with Crippen LogP contribution in [0.4, 0.5) is 10.1 Å². The van der Waals surface area contributed by atoms with Crippen LogP contribution in [-0.2, 0) is 9.59 Å². The number of carbonyl (C=O) groups is 2. The van der Waals surface area contributed by atoms with Crippen LogP contribution in [0.25, 0.3) is 0 Å². The fourth-order valence-electron chi connectivity index (χ4n) is 4.71. The second-order valence-electron chi connectivity index (χ2n) is 7.32. The van der Waals surface area contributed by atoms with Crippen LogP contribution in [-0.4, -0.2) is 41.0 Å². The highest BCUT2D eigenvalue weighted by Gasteiger charge is 2.62. The molecule has 28 heavy (non-hydrogen) atoms. The van der Waals surface area contributed by atoms with E-state index >= 15 is 0 Å². The van der Waals surface area contributed by atoms with Crippen LogP contribution in [0.15, 0.2) is 48.5 Å². The molecule has 0 saturated carbocycles. The van der Waals surface area contributed by atoms with Crippen molar-refractivity contribution in [2.75, 3.05) is 18.0 Å². The molecular weight excluding hydrogens is 359 g/mol. The molecule has 3 unspecified atom stereocenters. The molecular formula is C21H17FN4O2. The van der Waals surface area contributed by atoms with Gasteiger partial charge in [0.05, 0.1) is 29.3 Å². The van der Waals surface area contributed by atoms with E-state index in [4.69, 9.17) is 5.26 Å². The molecule has 3 atom stereocenters. The number of carbonyl (C=O) groups excluding carboxylic acids is 2. The zero-order chi connectivity index (χ0) is 19.4. The lowest BCUT2D eigenvalue weighted by atomic mass is 9.89. The number of halogens is 1. The molecule has 2 aromatic carbocycles. The smallest absolute Gasteiger partial charge is 0.253 e. The molecule has 3 saturated heterocycles. The number of hydrogen-bond donors (Lipinski definition) is 0. The summed E-state index contributed by atoms with van der Waals surface area (Å²) in [5.74, 6) is -1.45. The average molecular weight is 376 g/mol. The molecule has 0 bridgehead atoms. The van der Waals surface area contributed by atoms with Gasteiger partial charge in [-0.05, 0) is 48.4 Å². The Kier molecular flexibility index (Phi) is 3.79. The number of hydrogen-bond acceptors (Lipinski definition) is 5. The fraction of sp³-hybridized carbons (Fsp3) is 0.286. The van der Waals surface area contributed by atoms with Crippen LogP contribution in [0.1, 0.15) is 23.6 Å². The van der Waals surface area contributed by atoms with Gasteiger partial charge in [0.15, 0.2) is 0 Å². The number of hydrazine groups is 1. The van der Waals surface area contributed by atoms with Gasteiger partial charge in [-0.1, -0.05) is 12.1 Å². The van der Waals surface area contributed by atoms with E-state index in [1.54, 1.807) is 12.1 Å². The number of imide groups is 1. The molecule has 5 rings (SSSR count). The van der Waals surface area contributed by atoms with E-state index in [-0.39, 0.29) is 17.9 Å². The van der Waals surface area contributed by atoms with Gasteiger partial charge in [-0.2, -0.15) is 5.26 Å². The molecule has 0 N–H and O–H groups in total. The number of benzene rings is 2. The molecule has 6 nitrogen and oxygen atoms in total. The first-order valence-electron chi connectivity index (χ1n) is 9.27. The molecule has 3 fully saturated rings. The van der Waals surface area contributed by atoms with Crippen molar-refractivity contribution in [1.29, 1.82) is 5.26 Å². The van der Waals surface area contributed by atoms with Crippen molar-refractivity contribution in [2.45, 2.75) is 18.5 Å². The van der Waals surface area contributed by atoms with Crippen molar-refractivity contribution in [1.82, 2.24) is 10.0 Å². The van der Waals surface area contributed by atoms with E-state index in [9.17, 15) is 14.0 Å². The Labute approximate surface area is 161 Å². The van der Waals surface area contributed by atoms with E-state index < -0.39 is 17.8 Å². The molecule has 7 heteroatoms. The number of anilines is 1. The molecule has 3 aliphatic rings. The molecule has 0 radical (unpaired) electrons. The maximum absolute atomic E-state index is 13.3. The van der Waals surface area contributed by atoms with Crippen LogP contribution >= 0.6 is 0 Å². The summed E-state index contributed by atoms with van der Waals surface area (Å²) in [7, 11) is 0. The SMILES string of the molecule is N#Cc1ccc(C2C3C(=O)N(c4ccc(F)cc4)C(=O)C3N3CCCN23)cc1. The van der Waals surface area contributed by atoms with Crippen LogP contribution in [0.3, 0.4) is 0 Å². The Morgan fingerprint density at radius 3 is 2.18 bits per heavy atom. The van der Waals surface area contributed by atoms with Gasteiger partial charge in [0.1, 0.15) is 11.9 Å². The summed E-state index contributed by atoms with van der Waals surface area (Å²) in [6, 6.07) is 13.9. The number of rotatable bonds is 2. The van der Waals surface area contributed by atoms with Crippen molar-refractivity contribution in [3.05, 3.63) is 65.5 Å². The molecule has 3 heterocycles. The summed E-state index contributed by atoms with van der Waals surface area (Å²) in [6.07, 6.45) is 0.925. The highest BCUT2D eigenvalue weighted by molar-refractivity contribution is 6.24. The molecule has 3 aliphatic heterocycles. The van der Waals surface area contributed by atoms with Crippen molar-refractivity contribution < 1.29 is 14.0 Å². The molecule has 2 aromatic rings. The lowest BCUT2D eigenvalue weighted by Crippen LogP contribution is -2.44. The van der Waals surface area contributed by atoms with Gasteiger partial charge < -0.3 is 0 Å². The molecule has 140 valence electrons. The van der Waals surface area contributed by atoms with Crippen molar-refractivity contribution in [3.63, 3.8) is 0 Å². The van der Waals surface area contributed by atoms with Gasteiger partial charge >= 0.3 is 0 Å². The number of nitriles is 1. The van der Waals surface area contributed by atoms with Gasteiger partial charge in [0.25, 0.3) is 5.91 Å². The summed E-state index contributed by atoms with van der Waals surface area (Å²) in [5, 5.41) is 13.2. The summed E-state index contributed by atoms with van der Waals surface area (Å²) < 4.78 is 13.3. The normalized spacial score (nSPS) is 27.1. The average Bonchev–Trinajstić information content (AvgIpc) is 3.35. The molecule has 0 spiro atoms. The standard InChI is InChI=1S/C21H17FN4O2/c22-15-6-8-16(9-7-15)26-20(27)17-18(14-4-2-13(12-23)3-5-14)24-10-1-11-25(24)19(17)21(26)28/h2-9,17-19H,1,10-11H2. The molecule has 0 aromatic heterocycles. The highest BCUT2D eigenvalue weighted by atomic mass is 19.1. The summed E-state index contributed by atoms with van der Waals surface area (Å²) in [5.41, 5.74) is 1.87. The topological polar surface area (TPSA) is 67.6 Å². The number of nitrogens with zero attached hydrogens (tertiary/aromatic N) is 4.